The number of carbonyl (C=O) groups excluding carboxylic acids is 2. The van der Waals surface area contributed by atoms with Crippen LogP contribution in [0.3, 0.4) is 0 Å². The Labute approximate surface area is 206 Å². The van der Waals surface area contributed by atoms with Crippen LogP contribution in [0.25, 0.3) is 6.08 Å². The largest absolute Gasteiger partial charge is 0.340 e. The molecule has 33 heavy (non-hydrogen) atoms. The van der Waals surface area contributed by atoms with Crippen LogP contribution in [-0.4, -0.2) is 60.4 Å². The Bertz CT molecular complexity index is 973. The third kappa shape index (κ3) is 7.07. The van der Waals surface area contributed by atoms with Crippen LogP contribution in [0.5, 0.6) is 0 Å². The first-order valence-electron chi connectivity index (χ1n) is 11.4. The predicted octanol–water partition coefficient (Wildman–Crippen LogP) is 5.00. The summed E-state index contributed by atoms with van der Waals surface area (Å²) in [6, 6.07) is 14.3. The number of rotatable bonds is 8. The Morgan fingerprint density at radius 2 is 1.76 bits per heavy atom. The van der Waals surface area contributed by atoms with Gasteiger partial charge in [0.25, 0.3) is 5.91 Å². The summed E-state index contributed by atoms with van der Waals surface area (Å²) in [5, 5.41) is 3.65. The first-order chi connectivity index (χ1) is 15.9. The van der Waals surface area contributed by atoms with E-state index in [-0.39, 0.29) is 22.8 Å². The second-order valence-electron chi connectivity index (χ2n) is 8.40. The molecule has 1 aliphatic heterocycles. The molecular weight excluding hydrogens is 457 g/mol. The van der Waals surface area contributed by atoms with Crippen molar-refractivity contribution in [1.82, 2.24) is 15.1 Å². The summed E-state index contributed by atoms with van der Waals surface area (Å²) in [7, 11) is 0. The number of hydrogen-bond donors (Lipinski definition) is 1. The molecule has 7 heteroatoms. The van der Waals surface area contributed by atoms with Crippen molar-refractivity contribution in [1.29, 1.82) is 0 Å². The molecule has 2 aromatic carbocycles. The fraction of sp³-hybridized carbons (Fsp3) is 0.385. The minimum Gasteiger partial charge on any atom is -0.340 e. The van der Waals surface area contributed by atoms with Gasteiger partial charge in [-0.2, -0.15) is 0 Å². The second-order valence-corrected chi connectivity index (χ2v) is 9.24. The highest BCUT2D eigenvalue weighted by molar-refractivity contribution is 6.36. The van der Waals surface area contributed by atoms with Crippen LogP contribution in [0.4, 0.5) is 0 Å². The molecule has 1 heterocycles. The molecular formula is C26H31Cl2N3O2. The highest BCUT2D eigenvalue weighted by Gasteiger charge is 2.32. The predicted molar refractivity (Wildman–Crippen MR) is 136 cm³/mol. The zero-order valence-electron chi connectivity index (χ0n) is 19.1. The summed E-state index contributed by atoms with van der Waals surface area (Å²) in [5.74, 6) is -0.401. The molecule has 5 nitrogen and oxygen atoms in total. The van der Waals surface area contributed by atoms with E-state index >= 15 is 0 Å². The Morgan fingerprint density at radius 1 is 1.06 bits per heavy atom. The molecule has 2 unspecified atom stereocenters. The van der Waals surface area contributed by atoms with Crippen LogP contribution in [0.15, 0.2) is 54.6 Å². The number of benzene rings is 2. The van der Waals surface area contributed by atoms with Crippen LogP contribution in [0.2, 0.25) is 10.0 Å². The maximum absolute atomic E-state index is 13.3. The van der Waals surface area contributed by atoms with E-state index in [4.69, 9.17) is 23.2 Å². The van der Waals surface area contributed by atoms with E-state index in [1.54, 1.807) is 12.1 Å². The van der Waals surface area contributed by atoms with Crippen molar-refractivity contribution < 1.29 is 9.59 Å². The van der Waals surface area contributed by atoms with Crippen molar-refractivity contribution in [3.8, 4) is 0 Å². The topological polar surface area (TPSA) is 52.7 Å². The molecule has 3 rings (SSSR count). The normalized spacial score (nSPS) is 16.5. The van der Waals surface area contributed by atoms with Crippen LogP contribution in [-0.2, 0) is 4.79 Å². The van der Waals surface area contributed by atoms with Gasteiger partial charge in [-0.1, -0.05) is 86.0 Å². The molecule has 0 aromatic heterocycles. The maximum atomic E-state index is 13.3. The molecule has 0 saturated carbocycles. The third-order valence-corrected chi connectivity index (χ3v) is 6.65. The summed E-state index contributed by atoms with van der Waals surface area (Å²) in [6.07, 6.45) is 5.05. The van der Waals surface area contributed by atoms with Gasteiger partial charge < -0.3 is 10.2 Å². The molecule has 0 aliphatic carbocycles. The first-order valence-corrected chi connectivity index (χ1v) is 12.1. The fourth-order valence-electron chi connectivity index (χ4n) is 3.83. The molecule has 2 amide bonds. The van der Waals surface area contributed by atoms with Crippen molar-refractivity contribution in [3.05, 3.63) is 75.8 Å². The van der Waals surface area contributed by atoms with Crippen molar-refractivity contribution in [2.75, 3.05) is 32.7 Å². The number of piperazine rings is 1. The molecule has 176 valence electrons. The minimum atomic E-state index is -0.598. The van der Waals surface area contributed by atoms with Crippen molar-refractivity contribution in [3.63, 3.8) is 0 Å². The van der Waals surface area contributed by atoms with E-state index in [9.17, 15) is 9.59 Å². The third-order valence-electron chi connectivity index (χ3n) is 6.10. The number of halogens is 2. The van der Waals surface area contributed by atoms with Gasteiger partial charge in [0, 0.05) is 37.7 Å². The average Bonchev–Trinajstić information content (AvgIpc) is 2.82. The van der Waals surface area contributed by atoms with Gasteiger partial charge in [0.1, 0.15) is 6.04 Å². The monoisotopic (exact) mass is 487 g/mol. The van der Waals surface area contributed by atoms with Gasteiger partial charge in [0.2, 0.25) is 5.91 Å². The van der Waals surface area contributed by atoms with Gasteiger partial charge in [-0.05, 0) is 29.7 Å². The molecule has 0 spiro atoms. The van der Waals surface area contributed by atoms with Crippen LogP contribution in [0, 0.1) is 5.92 Å². The van der Waals surface area contributed by atoms with Gasteiger partial charge >= 0.3 is 0 Å². The molecule has 2 aromatic rings. The maximum Gasteiger partial charge on any atom is 0.253 e. The van der Waals surface area contributed by atoms with Gasteiger partial charge in [-0.25, -0.2) is 0 Å². The number of hydrogen-bond acceptors (Lipinski definition) is 3. The Balaban J connectivity index is 1.57. The number of amides is 2. The van der Waals surface area contributed by atoms with E-state index in [0.717, 1.165) is 26.1 Å². The highest BCUT2D eigenvalue weighted by atomic mass is 35.5. The summed E-state index contributed by atoms with van der Waals surface area (Å²) >= 11 is 12.1. The smallest absolute Gasteiger partial charge is 0.253 e. The summed E-state index contributed by atoms with van der Waals surface area (Å²) in [6.45, 7) is 7.73. The van der Waals surface area contributed by atoms with Crippen LogP contribution in [0.1, 0.15) is 36.2 Å². The zero-order chi connectivity index (χ0) is 23.8. The van der Waals surface area contributed by atoms with E-state index in [1.165, 1.54) is 11.6 Å². The van der Waals surface area contributed by atoms with E-state index in [1.807, 2.05) is 36.9 Å². The minimum absolute atomic E-state index is 0.000592. The van der Waals surface area contributed by atoms with Gasteiger partial charge in [-0.3, -0.25) is 14.5 Å². The zero-order valence-corrected chi connectivity index (χ0v) is 20.6. The average molecular weight is 488 g/mol. The molecule has 0 radical (unpaired) electrons. The highest BCUT2D eigenvalue weighted by Crippen LogP contribution is 2.22. The number of nitrogens with one attached hydrogen (secondary N) is 1. The number of carbonyl (C=O) groups is 2. The van der Waals surface area contributed by atoms with E-state index in [0.29, 0.717) is 23.7 Å². The lowest BCUT2D eigenvalue weighted by molar-refractivity contribution is -0.136. The quantitative estimate of drug-likeness (QED) is 0.570. The number of nitrogens with zero attached hydrogens (tertiary/aromatic N) is 2. The molecule has 1 N–H and O–H groups in total. The standard InChI is InChI=1S/C26H31Cl2N3O2/c1-3-19(2)24(29-25(32)22-12-11-21(27)18-23(22)28)26(33)31-16-14-30(15-17-31)13-7-10-20-8-5-4-6-9-20/h4-12,18-19,24H,3,13-17H2,1-2H3,(H,29,32)/b10-7+. The van der Waals surface area contributed by atoms with Crippen LogP contribution >= 0.6 is 23.2 Å². The lowest BCUT2D eigenvalue weighted by Crippen LogP contribution is -2.56. The summed E-state index contributed by atoms with van der Waals surface area (Å²) < 4.78 is 0. The first kappa shape index (κ1) is 25.3. The van der Waals surface area contributed by atoms with Gasteiger partial charge in [0.15, 0.2) is 0 Å². The molecule has 1 saturated heterocycles. The second kappa shape index (κ2) is 12.2. The lowest BCUT2D eigenvalue weighted by Gasteiger charge is -2.37. The van der Waals surface area contributed by atoms with Crippen molar-refractivity contribution in [2.24, 2.45) is 5.92 Å². The van der Waals surface area contributed by atoms with E-state index < -0.39 is 6.04 Å². The Morgan fingerprint density at radius 3 is 2.39 bits per heavy atom. The summed E-state index contributed by atoms with van der Waals surface area (Å²) in [5.41, 5.74) is 1.50. The van der Waals surface area contributed by atoms with Crippen molar-refractivity contribution in [2.45, 2.75) is 26.3 Å². The molecule has 2 atom stereocenters. The lowest BCUT2D eigenvalue weighted by atomic mass is 9.97. The summed E-state index contributed by atoms with van der Waals surface area (Å²) in [4.78, 5) is 30.4. The van der Waals surface area contributed by atoms with Crippen molar-refractivity contribution >= 4 is 41.1 Å². The van der Waals surface area contributed by atoms with E-state index in [2.05, 4.69) is 34.5 Å². The fourth-order valence-corrected chi connectivity index (χ4v) is 4.32. The van der Waals surface area contributed by atoms with Gasteiger partial charge in [-0.15, -0.1) is 0 Å². The van der Waals surface area contributed by atoms with Crippen LogP contribution < -0.4 is 5.32 Å². The molecule has 1 fully saturated rings. The Hall–Kier alpha value is -2.34. The Kier molecular flexibility index (Phi) is 9.36. The SMILES string of the molecule is CCC(C)C(NC(=O)c1ccc(Cl)cc1Cl)C(=O)N1CCN(C/C=C/c2ccccc2)CC1. The molecule has 0 bridgehead atoms. The van der Waals surface area contributed by atoms with Gasteiger partial charge in [0.05, 0.1) is 10.6 Å². The molecule has 1 aliphatic rings.